The normalized spacial score (nSPS) is 20.6. The van der Waals surface area contributed by atoms with Gasteiger partial charge in [0.05, 0.1) is 16.8 Å². The van der Waals surface area contributed by atoms with E-state index in [0.29, 0.717) is 6.54 Å². The van der Waals surface area contributed by atoms with Crippen molar-refractivity contribution in [2.45, 2.75) is 45.2 Å². The molecule has 3 rings (SSSR count). The summed E-state index contributed by atoms with van der Waals surface area (Å²) in [6, 6.07) is 7.95. The minimum absolute atomic E-state index is 0.00521. The molecule has 25 heavy (non-hydrogen) atoms. The van der Waals surface area contributed by atoms with Crippen LogP contribution in [0.5, 0.6) is 0 Å². The molecule has 7 heteroatoms. The van der Waals surface area contributed by atoms with E-state index in [2.05, 4.69) is 16.7 Å². The summed E-state index contributed by atoms with van der Waals surface area (Å²) < 4.78 is 1.18. The molecule has 3 amide bonds. The fraction of sp³-hybridized carbons (Fsp3) is 0.500. The maximum Gasteiger partial charge on any atom is 0.321 e. The molecule has 2 atom stereocenters. The van der Waals surface area contributed by atoms with E-state index in [1.807, 2.05) is 32.0 Å². The summed E-state index contributed by atoms with van der Waals surface area (Å²) in [5.41, 5.74) is 1.02. The third kappa shape index (κ3) is 4.55. The smallest absolute Gasteiger partial charge is 0.321 e. The molecule has 0 saturated carbocycles. The summed E-state index contributed by atoms with van der Waals surface area (Å²) in [5, 5.41) is 6.20. The Morgan fingerprint density at radius 3 is 2.88 bits per heavy atom. The molecule has 1 aliphatic heterocycles. The topological polar surface area (TPSA) is 75.5 Å². The number of likely N-dealkylation sites (tertiary alicyclic amines) is 1. The highest BCUT2D eigenvalue weighted by Crippen LogP contribution is 2.28. The molecule has 134 valence electrons. The number of piperidine rings is 1. The number of hydrogen-bond acceptors (Lipinski definition) is 4. The zero-order valence-corrected chi connectivity index (χ0v) is 15.5. The molecule has 2 heterocycles. The van der Waals surface area contributed by atoms with Crippen LogP contribution in [-0.2, 0) is 4.79 Å². The Hall–Kier alpha value is -1.99. The summed E-state index contributed by atoms with van der Waals surface area (Å²) in [6.07, 6.45) is 3.28. The van der Waals surface area contributed by atoms with E-state index in [4.69, 9.17) is 4.98 Å². The Balaban J connectivity index is 1.68. The lowest BCUT2D eigenvalue weighted by Crippen LogP contribution is -3.14. The van der Waals surface area contributed by atoms with Crippen molar-refractivity contribution >= 4 is 33.5 Å². The number of quaternary nitrogens is 1. The minimum atomic E-state index is -0.423. The molecule has 1 unspecified atom stereocenters. The predicted molar refractivity (Wildman–Crippen MR) is 98.7 cm³/mol. The predicted octanol–water partition coefficient (Wildman–Crippen LogP) is 1.64. The number of amides is 3. The number of carbonyl (C=O) groups excluding carboxylic acids is 2. The molecule has 2 aromatic rings. The van der Waals surface area contributed by atoms with E-state index >= 15 is 0 Å². The number of nitrogens with one attached hydrogen (secondary N) is 3. The number of thiazole rings is 1. The van der Waals surface area contributed by atoms with Crippen molar-refractivity contribution < 1.29 is 14.5 Å². The fourth-order valence-corrected chi connectivity index (χ4v) is 4.46. The summed E-state index contributed by atoms with van der Waals surface area (Å²) in [4.78, 5) is 29.9. The molecule has 6 nitrogen and oxygen atoms in total. The van der Waals surface area contributed by atoms with Crippen LogP contribution >= 0.6 is 11.3 Å². The number of rotatable bonds is 4. The number of carbonyl (C=O) groups is 2. The summed E-state index contributed by atoms with van der Waals surface area (Å²) in [6.45, 7) is 4.96. The van der Waals surface area contributed by atoms with Gasteiger partial charge in [0, 0.05) is 12.5 Å². The highest BCUT2D eigenvalue weighted by atomic mass is 32.1. The zero-order chi connectivity index (χ0) is 17.8. The van der Waals surface area contributed by atoms with E-state index in [9.17, 15) is 9.59 Å². The highest BCUT2D eigenvalue weighted by molar-refractivity contribution is 7.18. The van der Waals surface area contributed by atoms with Crippen LogP contribution in [0, 0.1) is 0 Å². The van der Waals surface area contributed by atoms with Crippen molar-refractivity contribution in [3.63, 3.8) is 0 Å². The Morgan fingerprint density at radius 1 is 1.32 bits per heavy atom. The molecule has 0 spiro atoms. The molecule has 1 saturated heterocycles. The molecule has 1 fully saturated rings. The summed E-state index contributed by atoms with van der Waals surface area (Å²) >= 11 is 1.71. The first-order chi connectivity index (χ1) is 12.0. The third-order valence-electron chi connectivity index (χ3n) is 4.40. The Morgan fingerprint density at radius 2 is 2.12 bits per heavy atom. The van der Waals surface area contributed by atoms with E-state index in [1.54, 1.807) is 11.3 Å². The number of imide groups is 1. The van der Waals surface area contributed by atoms with Gasteiger partial charge in [0.1, 0.15) is 6.04 Å². The van der Waals surface area contributed by atoms with Gasteiger partial charge in [-0.1, -0.05) is 12.1 Å². The molecule has 0 aliphatic carbocycles. The largest absolute Gasteiger partial charge is 0.336 e. The molecule has 1 aliphatic rings. The van der Waals surface area contributed by atoms with Gasteiger partial charge in [-0.25, -0.2) is 9.78 Å². The second kappa shape index (κ2) is 7.93. The van der Waals surface area contributed by atoms with Gasteiger partial charge in [0.2, 0.25) is 0 Å². The van der Waals surface area contributed by atoms with Gasteiger partial charge in [-0.15, -0.1) is 11.3 Å². The van der Waals surface area contributed by atoms with Gasteiger partial charge in [-0.2, -0.15) is 0 Å². The van der Waals surface area contributed by atoms with Crippen LogP contribution in [0.1, 0.15) is 44.2 Å². The molecular weight excluding hydrogens is 336 g/mol. The van der Waals surface area contributed by atoms with E-state index < -0.39 is 6.03 Å². The van der Waals surface area contributed by atoms with Gasteiger partial charge >= 0.3 is 6.03 Å². The maximum absolute atomic E-state index is 12.2. The number of urea groups is 1. The molecule has 3 N–H and O–H groups in total. The first-order valence-electron chi connectivity index (χ1n) is 8.83. The van der Waals surface area contributed by atoms with Crippen LogP contribution in [0.25, 0.3) is 10.2 Å². The highest BCUT2D eigenvalue weighted by Gasteiger charge is 2.32. The molecule has 1 aromatic heterocycles. The minimum Gasteiger partial charge on any atom is -0.336 e. The van der Waals surface area contributed by atoms with Crippen LogP contribution in [-0.4, -0.2) is 36.1 Å². The molecule has 0 bridgehead atoms. The number of nitrogens with zero attached hydrogens (tertiary/aromatic N) is 1. The number of aromatic nitrogens is 1. The van der Waals surface area contributed by atoms with Crippen LogP contribution in [0.4, 0.5) is 4.79 Å². The maximum atomic E-state index is 12.2. The standard InChI is InChI=1S/C18H24N4O2S/c1-12(2)19-18(24)21-16(23)11-22-10-6-5-8-14(22)17-20-13-7-3-4-9-15(13)25-17/h3-4,7,9,12,14H,5-6,8,10-11H2,1-2H3,(H2,19,21,23,24)/p+1/t14-/m1/s1. The van der Waals surface area contributed by atoms with Crippen LogP contribution in [0.3, 0.4) is 0 Å². The summed E-state index contributed by atoms with van der Waals surface area (Å²) in [5.74, 6) is -0.235. The first-order valence-corrected chi connectivity index (χ1v) is 9.65. The monoisotopic (exact) mass is 361 g/mol. The zero-order valence-electron chi connectivity index (χ0n) is 14.7. The number of hydrogen-bond donors (Lipinski definition) is 3. The SMILES string of the molecule is CC(C)NC(=O)NC(=O)C[NH+]1CCCC[C@@H]1c1nc2ccccc2s1. The van der Waals surface area contributed by atoms with Crippen molar-refractivity contribution in [2.24, 2.45) is 0 Å². The molecule has 0 radical (unpaired) electrons. The van der Waals surface area contributed by atoms with Gasteiger partial charge < -0.3 is 10.2 Å². The lowest BCUT2D eigenvalue weighted by molar-refractivity contribution is -0.929. The van der Waals surface area contributed by atoms with Gasteiger partial charge in [-0.3, -0.25) is 10.1 Å². The number of benzene rings is 1. The average Bonchev–Trinajstić information content (AvgIpc) is 2.98. The van der Waals surface area contributed by atoms with Crippen molar-refractivity contribution in [1.29, 1.82) is 0 Å². The van der Waals surface area contributed by atoms with E-state index in [0.717, 1.165) is 36.3 Å². The van der Waals surface area contributed by atoms with Crippen LogP contribution in [0.15, 0.2) is 24.3 Å². The quantitative estimate of drug-likeness (QED) is 0.775. The second-order valence-corrected chi connectivity index (χ2v) is 7.89. The van der Waals surface area contributed by atoms with Gasteiger partial charge in [-0.05, 0) is 38.8 Å². The Bertz CT molecular complexity index is 725. The average molecular weight is 361 g/mol. The third-order valence-corrected chi connectivity index (χ3v) is 5.55. The van der Waals surface area contributed by atoms with Crippen LogP contribution < -0.4 is 15.5 Å². The van der Waals surface area contributed by atoms with Gasteiger partial charge in [0.15, 0.2) is 11.6 Å². The molecule has 1 aromatic carbocycles. The van der Waals surface area contributed by atoms with E-state index in [1.165, 1.54) is 9.60 Å². The Kier molecular flexibility index (Phi) is 5.65. The lowest BCUT2D eigenvalue weighted by atomic mass is 10.0. The fourth-order valence-electron chi connectivity index (χ4n) is 3.30. The number of fused-ring (bicyclic) bond motifs is 1. The second-order valence-electron chi connectivity index (χ2n) is 6.83. The number of para-hydroxylation sites is 1. The van der Waals surface area contributed by atoms with Crippen molar-refractivity contribution in [3.8, 4) is 0 Å². The van der Waals surface area contributed by atoms with Crippen LogP contribution in [0.2, 0.25) is 0 Å². The summed E-state index contributed by atoms with van der Waals surface area (Å²) in [7, 11) is 0. The Labute approximate surface area is 151 Å². The molecular formula is C18H25N4O2S+. The first kappa shape index (κ1) is 17.8. The van der Waals surface area contributed by atoms with Crippen molar-refractivity contribution in [3.05, 3.63) is 29.3 Å². The van der Waals surface area contributed by atoms with E-state index in [-0.39, 0.29) is 18.0 Å². The van der Waals surface area contributed by atoms with Crippen molar-refractivity contribution in [1.82, 2.24) is 15.6 Å². The van der Waals surface area contributed by atoms with Gasteiger partial charge in [0.25, 0.3) is 5.91 Å². The van der Waals surface area contributed by atoms with Crippen molar-refractivity contribution in [2.75, 3.05) is 13.1 Å². The lowest BCUT2D eigenvalue weighted by Gasteiger charge is -2.30.